The van der Waals surface area contributed by atoms with Crippen LogP contribution in [0.5, 0.6) is 5.75 Å². The lowest BCUT2D eigenvalue weighted by Gasteiger charge is -2.21. The first-order valence-corrected chi connectivity index (χ1v) is 9.54. The average molecular weight is 406 g/mol. The fourth-order valence-corrected chi connectivity index (χ4v) is 3.30. The number of benzene rings is 1. The fourth-order valence-electron chi connectivity index (χ4n) is 2.46. The van der Waals surface area contributed by atoms with Gasteiger partial charge in [0.15, 0.2) is 6.61 Å². The molecule has 1 aliphatic rings. The number of carbonyl (C=O) groups excluding carboxylic acids is 4. The molecule has 1 aromatic carbocycles. The molecule has 2 rings (SSSR count). The first-order chi connectivity index (χ1) is 13.4. The molecule has 0 atom stereocenters. The van der Waals surface area contributed by atoms with Crippen molar-refractivity contribution >= 4 is 40.9 Å². The number of hydrogen-bond donors (Lipinski definition) is 0. The van der Waals surface area contributed by atoms with Crippen molar-refractivity contribution in [2.75, 3.05) is 33.4 Å². The van der Waals surface area contributed by atoms with E-state index in [-0.39, 0.29) is 24.0 Å². The van der Waals surface area contributed by atoms with Crippen LogP contribution < -0.4 is 4.74 Å². The molecule has 3 amide bonds. The number of esters is 1. The van der Waals surface area contributed by atoms with Gasteiger partial charge in [-0.15, -0.1) is 0 Å². The van der Waals surface area contributed by atoms with E-state index in [0.29, 0.717) is 24.4 Å². The van der Waals surface area contributed by atoms with Crippen LogP contribution in [0.3, 0.4) is 0 Å². The number of likely N-dealkylation sites (N-methyl/N-ethyl adjacent to an activating group) is 1. The van der Waals surface area contributed by atoms with Crippen molar-refractivity contribution in [1.29, 1.82) is 0 Å². The first-order valence-electron chi connectivity index (χ1n) is 8.72. The van der Waals surface area contributed by atoms with E-state index in [1.807, 2.05) is 13.8 Å². The highest BCUT2D eigenvalue weighted by atomic mass is 32.2. The Labute approximate surface area is 167 Å². The fraction of sp³-hybridized carbons (Fsp3) is 0.368. The molecule has 1 heterocycles. The van der Waals surface area contributed by atoms with Gasteiger partial charge in [0.25, 0.3) is 11.1 Å². The van der Waals surface area contributed by atoms with Gasteiger partial charge in [0.05, 0.1) is 12.0 Å². The van der Waals surface area contributed by atoms with Crippen LogP contribution in [0.2, 0.25) is 0 Å². The zero-order chi connectivity index (χ0) is 20.7. The van der Waals surface area contributed by atoms with Gasteiger partial charge in [0.1, 0.15) is 12.3 Å². The van der Waals surface area contributed by atoms with E-state index in [9.17, 15) is 19.2 Å². The summed E-state index contributed by atoms with van der Waals surface area (Å²) in [6, 6.07) is 6.68. The SMILES string of the molecule is CCN(CC)C(=O)CN1C(=O)S/C(=C\c2ccc(OCC(=O)OC)cc2)C1=O. The molecular weight excluding hydrogens is 384 g/mol. The van der Waals surface area contributed by atoms with Crippen LogP contribution in [-0.4, -0.2) is 66.2 Å². The molecule has 0 aromatic heterocycles. The molecule has 0 aliphatic carbocycles. The summed E-state index contributed by atoms with van der Waals surface area (Å²) >= 11 is 0.802. The van der Waals surface area contributed by atoms with Crippen molar-refractivity contribution in [3.8, 4) is 5.75 Å². The van der Waals surface area contributed by atoms with Crippen LogP contribution in [0.1, 0.15) is 19.4 Å². The Morgan fingerprint density at radius 1 is 1.14 bits per heavy atom. The number of methoxy groups -OCH3 is 1. The van der Waals surface area contributed by atoms with E-state index in [1.54, 1.807) is 35.2 Å². The summed E-state index contributed by atoms with van der Waals surface area (Å²) in [5.41, 5.74) is 0.686. The zero-order valence-electron chi connectivity index (χ0n) is 16.0. The summed E-state index contributed by atoms with van der Waals surface area (Å²) in [6.45, 7) is 4.26. The molecule has 0 spiro atoms. The van der Waals surface area contributed by atoms with Gasteiger partial charge in [-0.25, -0.2) is 4.79 Å². The van der Waals surface area contributed by atoms with Gasteiger partial charge in [-0.2, -0.15) is 0 Å². The maximum Gasteiger partial charge on any atom is 0.343 e. The lowest BCUT2D eigenvalue weighted by molar-refractivity contribution is -0.143. The number of carbonyl (C=O) groups is 4. The third-order valence-electron chi connectivity index (χ3n) is 4.05. The molecule has 0 saturated carbocycles. The predicted octanol–water partition coefficient (Wildman–Crippen LogP) is 2.14. The lowest BCUT2D eigenvalue weighted by Crippen LogP contribution is -2.41. The minimum Gasteiger partial charge on any atom is -0.482 e. The van der Waals surface area contributed by atoms with E-state index in [4.69, 9.17) is 4.74 Å². The molecule has 0 N–H and O–H groups in total. The molecule has 0 bridgehead atoms. The number of hydrogen-bond acceptors (Lipinski definition) is 7. The maximum absolute atomic E-state index is 12.5. The highest BCUT2D eigenvalue weighted by Crippen LogP contribution is 2.32. The average Bonchev–Trinajstić information content (AvgIpc) is 2.95. The molecule has 1 saturated heterocycles. The highest BCUT2D eigenvalue weighted by Gasteiger charge is 2.36. The van der Waals surface area contributed by atoms with Gasteiger partial charge in [-0.05, 0) is 49.4 Å². The van der Waals surface area contributed by atoms with Gasteiger partial charge < -0.3 is 14.4 Å². The summed E-state index contributed by atoms with van der Waals surface area (Å²) in [5.74, 6) is -0.764. The topological polar surface area (TPSA) is 93.2 Å². The normalized spacial score (nSPS) is 15.1. The van der Waals surface area contributed by atoms with Gasteiger partial charge >= 0.3 is 5.97 Å². The second kappa shape index (κ2) is 9.93. The van der Waals surface area contributed by atoms with Crippen LogP contribution >= 0.6 is 11.8 Å². The Morgan fingerprint density at radius 3 is 2.36 bits per heavy atom. The molecule has 8 nitrogen and oxygen atoms in total. The number of thioether (sulfide) groups is 1. The molecular formula is C19H22N2O6S. The van der Waals surface area contributed by atoms with Gasteiger partial charge in [0, 0.05) is 13.1 Å². The monoisotopic (exact) mass is 406 g/mol. The number of ether oxygens (including phenoxy) is 2. The van der Waals surface area contributed by atoms with E-state index in [0.717, 1.165) is 16.7 Å². The lowest BCUT2D eigenvalue weighted by atomic mass is 10.2. The third-order valence-corrected chi connectivity index (χ3v) is 4.95. The summed E-state index contributed by atoms with van der Waals surface area (Å²) in [7, 11) is 1.28. The largest absolute Gasteiger partial charge is 0.482 e. The summed E-state index contributed by atoms with van der Waals surface area (Å²) in [4.78, 5) is 50.7. The Bertz CT molecular complexity index is 786. The number of imide groups is 1. The smallest absolute Gasteiger partial charge is 0.343 e. The van der Waals surface area contributed by atoms with Gasteiger partial charge in [-0.1, -0.05) is 12.1 Å². The Balaban J connectivity index is 2.04. The van der Waals surface area contributed by atoms with Crippen molar-refractivity contribution < 1.29 is 28.7 Å². The molecule has 1 aromatic rings. The molecule has 28 heavy (non-hydrogen) atoms. The number of amides is 3. The quantitative estimate of drug-likeness (QED) is 0.482. The Kier molecular flexibility index (Phi) is 7.62. The minimum absolute atomic E-state index is 0.199. The van der Waals surface area contributed by atoms with Crippen LogP contribution in [0, 0.1) is 0 Å². The second-order valence-electron chi connectivity index (χ2n) is 5.77. The van der Waals surface area contributed by atoms with Crippen molar-refractivity contribution in [2.24, 2.45) is 0 Å². The summed E-state index contributed by atoms with van der Waals surface area (Å²) in [6.07, 6.45) is 1.58. The van der Waals surface area contributed by atoms with Crippen molar-refractivity contribution in [3.63, 3.8) is 0 Å². The van der Waals surface area contributed by atoms with E-state index >= 15 is 0 Å². The number of rotatable bonds is 8. The van der Waals surface area contributed by atoms with Crippen LogP contribution in [0.25, 0.3) is 6.08 Å². The Morgan fingerprint density at radius 2 is 1.79 bits per heavy atom. The third kappa shape index (κ3) is 5.35. The standard InChI is InChI=1S/C19H22N2O6S/c1-4-20(5-2)16(22)11-21-18(24)15(28-19(21)25)10-13-6-8-14(9-7-13)27-12-17(23)26-3/h6-10H,4-5,11-12H2,1-3H3/b15-10-. The first kappa shape index (κ1) is 21.5. The van der Waals surface area contributed by atoms with E-state index in [1.165, 1.54) is 7.11 Å². The van der Waals surface area contributed by atoms with Crippen molar-refractivity contribution in [2.45, 2.75) is 13.8 Å². The highest BCUT2D eigenvalue weighted by molar-refractivity contribution is 8.18. The van der Waals surface area contributed by atoms with Gasteiger partial charge in [0.2, 0.25) is 5.91 Å². The number of nitrogens with zero attached hydrogens (tertiary/aromatic N) is 2. The minimum atomic E-state index is -0.489. The zero-order valence-corrected chi connectivity index (χ0v) is 16.8. The Hall–Kier alpha value is -2.81. The molecule has 1 aliphatic heterocycles. The molecule has 9 heteroatoms. The molecule has 150 valence electrons. The van der Waals surface area contributed by atoms with E-state index in [2.05, 4.69) is 4.74 Å². The maximum atomic E-state index is 12.5. The molecule has 0 unspecified atom stereocenters. The van der Waals surface area contributed by atoms with Crippen LogP contribution in [-0.2, 0) is 19.1 Å². The van der Waals surface area contributed by atoms with Crippen molar-refractivity contribution in [3.05, 3.63) is 34.7 Å². The summed E-state index contributed by atoms with van der Waals surface area (Å²) < 4.78 is 9.75. The summed E-state index contributed by atoms with van der Waals surface area (Å²) in [5, 5.41) is -0.463. The van der Waals surface area contributed by atoms with Gasteiger partial charge in [-0.3, -0.25) is 19.3 Å². The second-order valence-corrected chi connectivity index (χ2v) is 6.76. The molecule has 0 radical (unpaired) electrons. The van der Waals surface area contributed by atoms with E-state index < -0.39 is 17.1 Å². The van der Waals surface area contributed by atoms with Crippen LogP contribution in [0.15, 0.2) is 29.2 Å². The predicted molar refractivity (Wildman–Crippen MR) is 105 cm³/mol. The molecule has 1 fully saturated rings. The van der Waals surface area contributed by atoms with Crippen molar-refractivity contribution in [1.82, 2.24) is 9.80 Å². The van der Waals surface area contributed by atoms with Crippen LogP contribution in [0.4, 0.5) is 4.79 Å².